The van der Waals surface area contributed by atoms with Gasteiger partial charge in [-0.1, -0.05) is 18.2 Å². The number of para-hydroxylation sites is 2. The van der Waals surface area contributed by atoms with Gasteiger partial charge >= 0.3 is 0 Å². The summed E-state index contributed by atoms with van der Waals surface area (Å²) in [6, 6.07) is 12.6. The van der Waals surface area contributed by atoms with Gasteiger partial charge in [0.2, 0.25) is 5.91 Å². The fourth-order valence-electron chi connectivity index (χ4n) is 5.52. The number of carbonyl (C=O) groups is 2. The second-order valence-corrected chi connectivity index (χ2v) is 10.5. The molecule has 2 aromatic carbocycles. The van der Waals surface area contributed by atoms with Gasteiger partial charge < -0.3 is 15.0 Å². The first-order valence-electron chi connectivity index (χ1n) is 12.5. The monoisotopic (exact) mass is 474 g/mol. The maximum absolute atomic E-state index is 15.5. The Morgan fingerprint density at radius 2 is 2.00 bits per heavy atom. The minimum absolute atomic E-state index is 0.0285. The average molecular weight is 475 g/mol. The number of hydrogen-bond donors (Lipinski definition) is 1. The molecule has 8 heteroatoms. The van der Waals surface area contributed by atoms with Crippen LogP contribution in [0.1, 0.15) is 49.5 Å². The Morgan fingerprint density at radius 3 is 2.74 bits per heavy atom. The molecule has 1 unspecified atom stereocenters. The third-order valence-corrected chi connectivity index (χ3v) is 7.86. The number of amidine groups is 1. The Hall–Kier alpha value is -3.42. The number of ether oxygens (including phenoxy) is 1. The summed E-state index contributed by atoms with van der Waals surface area (Å²) in [5.74, 6) is 1.34. The quantitative estimate of drug-likeness (QED) is 0.717. The van der Waals surface area contributed by atoms with Crippen LogP contribution in [0.15, 0.2) is 47.5 Å². The average Bonchev–Trinajstić information content (AvgIpc) is 3.75. The summed E-state index contributed by atoms with van der Waals surface area (Å²) in [7, 11) is 0. The number of halogens is 1. The largest absolute Gasteiger partial charge is 0.464 e. The van der Waals surface area contributed by atoms with Gasteiger partial charge in [0.25, 0.3) is 5.91 Å². The fourth-order valence-corrected chi connectivity index (χ4v) is 5.52. The van der Waals surface area contributed by atoms with E-state index in [4.69, 9.17) is 9.73 Å². The molecular weight excluding hydrogens is 447 g/mol. The van der Waals surface area contributed by atoms with Crippen LogP contribution in [0.25, 0.3) is 0 Å². The molecule has 7 nitrogen and oxygen atoms in total. The Balaban J connectivity index is 1.11. The van der Waals surface area contributed by atoms with E-state index in [0.717, 1.165) is 37.2 Å². The SMILES string of the molecule is O=C(C1CC1)N1CC[C@@H](CN2C(=O)C3(CC3)N=C2c2ccc(C3Nc4ccccc4O3)cc2F)C1. The highest BCUT2D eigenvalue weighted by Gasteiger charge is 2.58. The minimum atomic E-state index is -0.708. The van der Waals surface area contributed by atoms with E-state index in [1.54, 1.807) is 11.0 Å². The lowest BCUT2D eigenvalue weighted by atomic mass is 10.1. The molecule has 3 heterocycles. The molecule has 35 heavy (non-hydrogen) atoms. The van der Waals surface area contributed by atoms with Crippen LogP contribution in [-0.2, 0) is 9.59 Å². The van der Waals surface area contributed by atoms with Crippen molar-refractivity contribution in [2.24, 2.45) is 16.8 Å². The van der Waals surface area contributed by atoms with E-state index in [0.29, 0.717) is 42.9 Å². The number of carbonyl (C=O) groups excluding carboxylic acids is 2. The molecule has 5 aliphatic rings. The number of aliphatic imine (C=N–C) groups is 1. The van der Waals surface area contributed by atoms with Crippen molar-refractivity contribution in [3.05, 3.63) is 59.4 Å². The molecule has 1 saturated heterocycles. The van der Waals surface area contributed by atoms with Crippen LogP contribution in [0, 0.1) is 17.7 Å². The first-order valence-corrected chi connectivity index (χ1v) is 12.5. The minimum Gasteiger partial charge on any atom is -0.464 e. The number of amides is 2. The van der Waals surface area contributed by atoms with Crippen LogP contribution in [0.4, 0.5) is 10.1 Å². The molecule has 1 N–H and O–H groups in total. The smallest absolute Gasteiger partial charge is 0.256 e. The first kappa shape index (κ1) is 20.9. The maximum Gasteiger partial charge on any atom is 0.256 e. The van der Waals surface area contributed by atoms with Crippen LogP contribution in [0.5, 0.6) is 5.75 Å². The van der Waals surface area contributed by atoms with Gasteiger partial charge in [0.05, 0.1) is 11.3 Å². The van der Waals surface area contributed by atoms with Gasteiger partial charge in [-0.2, -0.15) is 0 Å². The first-order chi connectivity index (χ1) is 17.0. The Labute approximate surface area is 203 Å². The summed E-state index contributed by atoms with van der Waals surface area (Å²) < 4.78 is 21.4. The van der Waals surface area contributed by atoms with Crippen molar-refractivity contribution in [1.29, 1.82) is 0 Å². The normalized spacial score (nSPS) is 26.0. The van der Waals surface area contributed by atoms with Crippen molar-refractivity contribution in [2.45, 2.75) is 43.9 Å². The highest BCUT2D eigenvalue weighted by atomic mass is 19.1. The van der Waals surface area contributed by atoms with Crippen molar-refractivity contribution in [3.8, 4) is 5.75 Å². The predicted molar refractivity (Wildman–Crippen MR) is 127 cm³/mol. The number of fused-ring (bicyclic) bond motifs is 1. The summed E-state index contributed by atoms with van der Waals surface area (Å²) in [5, 5.41) is 3.26. The van der Waals surface area contributed by atoms with E-state index in [1.807, 2.05) is 35.2 Å². The van der Waals surface area contributed by atoms with E-state index in [9.17, 15) is 9.59 Å². The van der Waals surface area contributed by atoms with Gasteiger partial charge in [0, 0.05) is 31.1 Å². The summed E-state index contributed by atoms with van der Waals surface area (Å²) in [5.41, 5.74) is 1.18. The maximum atomic E-state index is 15.5. The standard InChI is InChI=1S/C27H27FN4O3/c28-20-13-18(24-29-21-3-1-2-4-22(21)35-24)7-8-19(20)23-30-27(10-11-27)26(34)32(23)15-16-9-12-31(14-16)25(33)17-5-6-17/h1-4,7-8,13,16-17,24,29H,5-6,9-12,14-15H2/t16-,24?/m1/s1. The van der Waals surface area contributed by atoms with Crippen molar-refractivity contribution >= 4 is 23.3 Å². The molecule has 2 atom stereocenters. The molecule has 1 spiro atoms. The number of anilines is 1. The van der Waals surface area contributed by atoms with Gasteiger partial charge in [-0.25, -0.2) is 4.39 Å². The number of nitrogens with zero attached hydrogens (tertiary/aromatic N) is 3. The Bertz CT molecular complexity index is 1240. The Kier molecular flexibility index (Phi) is 4.50. The van der Waals surface area contributed by atoms with Gasteiger partial charge in [-0.3, -0.25) is 19.5 Å². The molecule has 0 aromatic heterocycles. The molecule has 2 aromatic rings. The van der Waals surface area contributed by atoms with E-state index in [2.05, 4.69) is 5.32 Å². The van der Waals surface area contributed by atoms with Crippen LogP contribution in [0.3, 0.4) is 0 Å². The van der Waals surface area contributed by atoms with Gasteiger partial charge in [-0.05, 0) is 62.3 Å². The van der Waals surface area contributed by atoms with Crippen LogP contribution >= 0.6 is 0 Å². The lowest BCUT2D eigenvalue weighted by Gasteiger charge is -2.24. The highest BCUT2D eigenvalue weighted by molar-refractivity contribution is 6.16. The van der Waals surface area contributed by atoms with Crippen LogP contribution in [0.2, 0.25) is 0 Å². The van der Waals surface area contributed by atoms with Gasteiger partial charge in [0.15, 0.2) is 6.23 Å². The number of benzene rings is 2. The van der Waals surface area contributed by atoms with Crippen molar-refractivity contribution < 1.29 is 18.7 Å². The second kappa shape index (κ2) is 7.54. The number of hydrogen-bond acceptors (Lipinski definition) is 5. The number of likely N-dealkylation sites (tertiary alicyclic amines) is 1. The lowest BCUT2D eigenvalue weighted by molar-refractivity contribution is -0.131. The summed E-state index contributed by atoms with van der Waals surface area (Å²) in [4.78, 5) is 34.1. The van der Waals surface area contributed by atoms with Gasteiger partial charge in [-0.15, -0.1) is 0 Å². The molecule has 3 aliphatic heterocycles. The van der Waals surface area contributed by atoms with Crippen molar-refractivity contribution in [2.75, 3.05) is 25.0 Å². The second-order valence-electron chi connectivity index (χ2n) is 10.5. The van der Waals surface area contributed by atoms with Crippen molar-refractivity contribution in [1.82, 2.24) is 9.80 Å². The summed E-state index contributed by atoms with van der Waals surface area (Å²) in [6.45, 7) is 1.86. The molecule has 2 amide bonds. The number of nitrogens with one attached hydrogen (secondary N) is 1. The third-order valence-electron chi connectivity index (χ3n) is 7.86. The molecule has 180 valence electrons. The van der Waals surface area contributed by atoms with E-state index >= 15 is 4.39 Å². The molecule has 3 fully saturated rings. The predicted octanol–water partition coefficient (Wildman–Crippen LogP) is 3.71. The van der Waals surface area contributed by atoms with Crippen LogP contribution in [-0.4, -0.2) is 52.6 Å². The third kappa shape index (κ3) is 3.49. The zero-order valence-electron chi connectivity index (χ0n) is 19.4. The van der Waals surface area contributed by atoms with E-state index in [1.165, 1.54) is 6.07 Å². The van der Waals surface area contributed by atoms with E-state index < -0.39 is 17.6 Å². The van der Waals surface area contributed by atoms with Crippen LogP contribution < -0.4 is 10.1 Å². The summed E-state index contributed by atoms with van der Waals surface area (Å²) >= 11 is 0. The fraction of sp³-hybridized carbons (Fsp3) is 0.444. The summed E-state index contributed by atoms with van der Waals surface area (Å²) in [6.07, 6.45) is 3.79. The molecule has 0 bridgehead atoms. The molecule has 7 rings (SSSR count). The van der Waals surface area contributed by atoms with Crippen molar-refractivity contribution in [3.63, 3.8) is 0 Å². The zero-order chi connectivity index (χ0) is 23.7. The molecular formula is C27H27FN4O3. The molecule has 2 saturated carbocycles. The molecule has 0 radical (unpaired) electrons. The zero-order valence-corrected chi connectivity index (χ0v) is 19.4. The topological polar surface area (TPSA) is 74.2 Å². The number of rotatable bonds is 5. The highest BCUT2D eigenvalue weighted by Crippen LogP contribution is 2.47. The Morgan fingerprint density at radius 1 is 1.17 bits per heavy atom. The van der Waals surface area contributed by atoms with E-state index in [-0.39, 0.29) is 23.7 Å². The lowest BCUT2D eigenvalue weighted by Crippen LogP contribution is -2.41. The molecule has 2 aliphatic carbocycles. The van der Waals surface area contributed by atoms with Gasteiger partial charge in [0.1, 0.15) is 22.9 Å².